The molecule has 1 N–H and O–H groups in total. The van der Waals surface area contributed by atoms with E-state index in [1.165, 1.54) is 11.0 Å². The van der Waals surface area contributed by atoms with Gasteiger partial charge in [0.1, 0.15) is 5.75 Å². The molecule has 6 nitrogen and oxygen atoms in total. The number of imide groups is 1. The molecule has 3 aliphatic carbocycles. The van der Waals surface area contributed by atoms with Crippen molar-refractivity contribution in [1.29, 1.82) is 0 Å². The summed E-state index contributed by atoms with van der Waals surface area (Å²) in [6.45, 7) is 1.63. The molecule has 0 bridgehead atoms. The van der Waals surface area contributed by atoms with Gasteiger partial charge in [-0.15, -0.1) is 0 Å². The molecule has 1 heterocycles. The SMILES string of the molecule is CC1=CC(=O)C2=C(C[C@@H]3C(=CC[C@@H]4C(=O)N(c5ccc(I)cc5)C(=O)[C@@H]43)[C@@H]2c2ccc3ccccc3c2O)C1=O. The first kappa shape index (κ1) is 25.1. The third-order valence-corrected chi connectivity index (χ3v) is 9.61. The highest BCUT2D eigenvalue weighted by atomic mass is 127. The summed E-state index contributed by atoms with van der Waals surface area (Å²) in [5, 5.41) is 13.0. The second kappa shape index (κ2) is 9.09. The van der Waals surface area contributed by atoms with Crippen LogP contribution in [0.1, 0.15) is 31.2 Å². The zero-order valence-corrected chi connectivity index (χ0v) is 23.7. The molecule has 7 heteroatoms. The van der Waals surface area contributed by atoms with Crippen LogP contribution in [-0.2, 0) is 19.2 Å². The Balaban J connectivity index is 1.40. The molecule has 4 atom stereocenters. The number of hydrogen-bond acceptors (Lipinski definition) is 5. The van der Waals surface area contributed by atoms with E-state index in [2.05, 4.69) is 22.6 Å². The highest BCUT2D eigenvalue weighted by molar-refractivity contribution is 14.1. The van der Waals surface area contributed by atoms with Crippen molar-refractivity contribution in [2.75, 3.05) is 4.90 Å². The van der Waals surface area contributed by atoms with E-state index >= 15 is 0 Å². The number of fused-ring (bicyclic) bond motifs is 4. The van der Waals surface area contributed by atoms with Gasteiger partial charge in [-0.1, -0.05) is 48.0 Å². The van der Waals surface area contributed by atoms with Crippen molar-refractivity contribution in [1.82, 2.24) is 0 Å². The van der Waals surface area contributed by atoms with E-state index in [9.17, 15) is 24.3 Å². The van der Waals surface area contributed by atoms with Crippen molar-refractivity contribution in [3.8, 4) is 5.75 Å². The van der Waals surface area contributed by atoms with Crippen LogP contribution in [-0.4, -0.2) is 28.5 Å². The maximum Gasteiger partial charge on any atom is 0.238 e. The molecule has 3 aromatic carbocycles. The molecule has 0 saturated carbocycles. The Morgan fingerprint density at radius 1 is 0.900 bits per heavy atom. The number of phenols is 1. The van der Waals surface area contributed by atoms with Crippen LogP contribution < -0.4 is 4.90 Å². The van der Waals surface area contributed by atoms with Gasteiger partial charge in [0.15, 0.2) is 11.6 Å². The van der Waals surface area contributed by atoms with Gasteiger partial charge in [-0.2, -0.15) is 0 Å². The Bertz CT molecular complexity index is 1780. The van der Waals surface area contributed by atoms with Crippen molar-refractivity contribution < 1.29 is 24.3 Å². The Hall–Kier alpha value is -3.85. The van der Waals surface area contributed by atoms with Crippen LogP contribution in [0.2, 0.25) is 0 Å². The van der Waals surface area contributed by atoms with Crippen LogP contribution in [0.15, 0.2) is 95.1 Å². The Kier molecular flexibility index (Phi) is 5.71. The fraction of sp³-hybridized carbons (Fsp3) is 0.212. The van der Waals surface area contributed by atoms with Crippen LogP contribution >= 0.6 is 22.6 Å². The molecule has 1 saturated heterocycles. The molecule has 0 spiro atoms. The van der Waals surface area contributed by atoms with Crippen molar-refractivity contribution in [3.63, 3.8) is 0 Å². The molecule has 40 heavy (non-hydrogen) atoms. The van der Waals surface area contributed by atoms with Gasteiger partial charge in [0.25, 0.3) is 0 Å². The van der Waals surface area contributed by atoms with Crippen molar-refractivity contribution in [2.24, 2.45) is 17.8 Å². The van der Waals surface area contributed by atoms with Gasteiger partial charge < -0.3 is 5.11 Å². The van der Waals surface area contributed by atoms with E-state index in [1.54, 1.807) is 19.1 Å². The van der Waals surface area contributed by atoms with Gasteiger partial charge in [-0.25, -0.2) is 0 Å². The highest BCUT2D eigenvalue weighted by Gasteiger charge is 2.56. The van der Waals surface area contributed by atoms with E-state index in [0.717, 1.165) is 14.5 Å². The van der Waals surface area contributed by atoms with Crippen molar-refractivity contribution in [3.05, 3.63) is 104 Å². The van der Waals surface area contributed by atoms with Gasteiger partial charge in [0.05, 0.1) is 17.5 Å². The molecular formula is C33H24INO5. The average molecular weight is 641 g/mol. The molecule has 3 aromatic rings. The first-order chi connectivity index (χ1) is 19.3. The normalized spacial score (nSPS) is 26.0. The number of phenolic OH excluding ortho intramolecular Hbond substituents is 1. The molecule has 198 valence electrons. The highest BCUT2D eigenvalue weighted by Crippen LogP contribution is 2.56. The van der Waals surface area contributed by atoms with Crippen LogP contribution in [0.25, 0.3) is 10.8 Å². The molecule has 2 amide bonds. The number of rotatable bonds is 2. The number of aromatic hydroxyl groups is 1. The fourth-order valence-electron chi connectivity index (χ4n) is 7.09. The maximum atomic E-state index is 14.0. The summed E-state index contributed by atoms with van der Waals surface area (Å²) in [6.07, 6.45) is 3.91. The molecule has 1 fully saturated rings. The molecule has 0 radical (unpaired) electrons. The number of amides is 2. The lowest BCUT2D eigenvalue weighted by Gasteiger charge is -2.42. The minimum atomic E-state index is -0.685. The number of carbonyl (C=O) groups excluding carboxylic acids is 4. The van der Waals surface area contributed by atoms with Gasteiger partial charge in [-0.05, 0) is 84.0 Å². The first-order valence-electron chi connectivity index (χ1n) is 13.3. The van der Waals surface area contributed by atoms with E-state index in [-0.39, 0.29) is 35.6 Å². The molecule has 4 aliphatic rings. The number of carbonyl (C=O) groups is 4. The topological polar surface area (TPSA) is 91.8 Å². The third kappa shape index (κ3) is 3.53. The van der Waals surface area contributed by atoms with Crippen LogP contribution in [0.5, 0.6) is 5.75 Å². The summed E-state index contributed by atoms with van der Waals surface area (Å²) < 4.78 is 0.996. The second-order valence-corrected chi connectivity index (χ2v) is 12.2. The van der Waals surface area contributed by atoms with Crippen LogP contribution in [0.4, 0.5) is 5.69 Å². The van der Waals surface area contributed by atoms with Gasteiger partial charge >= 0.3 is 0 Å². The summed E-state index contributed by atoms with van der Waals surface area (Å²) in [4.78, 5) is 55.9. The minimum absolute atomic E-state index is 0.0551. The molecule has 1 aliphatic heterocycles. The third-order valence-electron chi connectivity index (χ3n) is 8.89. The Morgan fingerprint density at radius 3 is 2.42 bits per heavy atom. The standard InChI is InChI=1S/C33H24INO5/c1-16-14-26(36)29-25(30(16)37)15-24-21(27(29)22-11-6-17-4-2-3-5-20(17)31(22)38)12-13-23-28(24)33(40)35(32(23)39)19-9-7-18(34)8-10-19/h2-12,14,23-24,27-28,38H,13,15H2,1H3/t23-,24+,27+,28-/m0/s1. The number of hydrogen-bond donors (Lipinski definition) is 1. The first-order valence-corrected chi connectivity index (χ1v) is 14.4. The zero-order valence-electron chi connectivity index (χ0n) is 21.6. The second-order valence-electron chi connectivity index (χ2n) is 10.9. The number of ketones is 2. The number of halogens is 1. The Morgan fingerprint density at radius 2 is 1.65 bits per heavy atom. The molecule has 0 aromatic heterocycles. The average Bonchev–Trinajstić information content (AvgIpc) is 3.21. The van der Waals surface area contributed by atoms with E-state index in [4.69, 9.17) is 0 Å². The predicted molar refractivity (Wildman–Crippen MR) is 159 cm³/mol. The lowest BCUT2D eigenvalue weighted by molar-refractivity contribution is -0.123. The van der Waals surface area contributed by atoms with Gasteiger partial charge in [0.2, 0.25) is 11.8 Å². The number of allylic oxidation sites excluding steroid dienone is 6. The maximum absolute atomic E-state index is 14.0. The fourth-order valence-corrected chi connectivity index (χ4v) is 7.45. The smallest absolute Gasteiger partial charge is 0.238 e. The minimum Gasteiger partial charge on any atom is -0.507 e. The van der Waals surface area contributed by atoms with E-state index < -0.39 is 23.7 Å². The summed E-state index contributed by atoms with van der Waals surface area (Å²) in [5.74, 6) is -3.25. The molecular weight excluding hydrogens is 617 g/mol. The predicted octanol–water partition coefficient (Wildman–Crippen LogP) is 5.78. The zero-order chi connectivity index (χ0) is 27.9. The quantitative estimate of drug-likeness (QED) is 0.166. The molecule has 0 unspecified atom stereocenters. The Labute approximate surface area is 244 Å². The largest absolute Gasteiger partial charge is 0.507 e. The number of nitrogens with zero attached hydrogens (tertiary/aromatic N) is 1. The number of Topliss-reactive ketones (excluding diaryl/α,β-unsaturated/α-hetero) is 1. The van der Waals surface area contributed by atoms with Crippen LogP contribution in [0, 0.1) is 21.3 Å². The van der Waals surface area contributed by atoms with E-state index in [1.807, 2.05) is 54.6 Å². The van der Waals surface area contributed by atoms with Gasteiger partial charge in [-0.3, -0.25) is 24.1 Å². The lowest BCUT2D eigenvalue weighted by Crippen LogP contribution is -2.39. The monoisotopic (exact) mass is 641 g/mol. The van der Waals surface area contributed by atoms with Gasteiger partial charge in [0, 0.05) is 37.2 Å². The summed E-state index contributed by atoms with van der Waals surface area (Å²) in [5.41, 5.74) is 3.01. The van der Waals surface area contributed by atoms with Crippen LogP contribution in [0.3, 0.4) is 0 Å². The summed E-state index contributed by atoms with van der Waals surface area (Å²) >= 11 is 2.18. The van der Waals surface area contributed by atoms with Crippen molar-refractivity contribution >= 4 is 62.4 Å². The molecule has 7 rings (SSSR count). The number of anilines is 1. The summed E-state index contributed by atoms with van der Waals surface area (Å²) in [6, 6.07) is 18.4. The lowest BCUT2D eigenvalue weighted by atomic mass is 9.59. The van der Waals surface area contributed by atoms with E-state index in [0.29, 0.717) is 39.8 Å². The number of benzene rings is 3. The summed E-state index contributed by atoms with van der Waals surface area (Å²) in [7, 11) is 0. The van der Waals surface area contributed by atoms with Crippen molar-refractivity contribution in [2.45, 2.75) is 25.7 Å².